The molecule has 6 atom stereocenters. The van der Waals surface area contributed by atoms with Crippen LogP contribution in [-0.2, 0) is 14.8 Å². The van der Waals surface area contributed by atoms with Gasteiger partial charge in [0.1, 0.15) is 12.1 Å². The van der Waals surface area contributed by atoms with Crippen LogP contribution in [0.3, 0.4) is 0 Å². The minimum absolute atomic E-state index is 0.0756. The average molecular weight is 323 g/mol. The van der Waals surface area contributed by atoms with Crippen LogP contribution >= 0.6 is 0 Å². The summed E-state index contributed by atoms with van der Waals surface area (Å²) in [5.41, 5.74) is 11.1. The van der Waals surface area contributed by atoms with E-state index in [0.717, 1.165) is 0 Å². The molecule has 3 saturated heterocycles. The van der Waals surface area contributed by atoms with E-state index in [-0.39, 0.29) is 5.23 Å². The summed E-state index contributed by atoms with van der Waals surface area (Å²) in [6.07, 6.45) is -2.84. The molecule has 0 radical (unpaired) electrons. The van der Waals surface area contributed by atoms with Gasteiger partial charge in [0.05, 0.1) is 12.1 Å². The maximum Gasteiger partial charge on any atom is 0.307 e. The minimum Gasteiger partial charge on any atom is -0.760 e. The van der Waals surface area contributed by atoms with Gasteiger partial charge in [-0.2, -0.15) is 16.4 Å². The minimum atomic E-state index is -1.45. The molecule has 3 rings (SSSR count). The van der Waals surface area contributed by atoms with Gasteiger partial charge in [0.25, 0.3) is 0 Å². The average Bonchev–Trinajstić information content (AvgIpc) is 3.15. The van der Waals surface area contributed by atoms with Gasteiger partial charge in [-0.25, -0.2) is 20.0 Å². The molecule has 0 bridgehead atoms. The summed E-state index contributed by atoms with van der Waals surface area (Å²) in [5.74, 6) is 0. The van der Waals surface area contributed by atoms with Crippen molar-refractivity contribution in [2.45, 2.75) is 36.5 Å². The van der Waals surface area contributed by atoms with Crippen LogP contribution in [0.15, 0.2) is 0 Å². The van der Waals surface area contributed by atoms with Gasteiger partial charge in [0.2, 0.25) is 0 Å². The molecule has 16 nitrogen and oxygen atoms in total. The standard InChI is InChI=1S/C6H11N8O8/c15-12(16)5-2(7-20-10-5)1-4(14(19)22-9-1)3-6(13(17)18)11-21-8-3/h1-11H/q-1. The molecule has 3 aliphatic rings. The molecule has 6 unspecified atom stereocenters. The van der Waals surface area contributed by atoms with E-state index in [9.17, 15) is 25.4 Å². The zero-order valence-electron chi connectivity index (χ0n) is 10.6. The third kappa shape index (κ3) is 2.48. The first-order valence-electron chi connectivity index (χ1n) is 6.00. The predicted octanol–water partition coefficient (Wildman–Crippen LogP) is -4.01. The molecule has 16 heteroatoms. The molecule has 3 fully saturated rings. The molecular formula is C6H11N8O8-. The number of rotatable bonds is 4. The van der Waals surface area contributed by atoms with E-state index in [0.29, 0.717) is 0 Å². The highest BCUT2D eigenvalue weighted by Gasteiger charge is 2.55. The quantitative estimate of drug-likeness (QED) is 0.247. The molecule has 0 aromatic carbocycles. The first kappa shape index (κ1) is 15.3. The summed E-state index contributed by atoms with van der Waals surface area (Å²) < 4.78 is 0. The predicted molar refractivity (Wildman–Crippen MR) is 60.9 cm³/mol. The summed E-state index contributed by atoms with van der Waals surface area (Å²) in [4.78, 5) is 34.3. The van der Waals surface area contributed by atoms with Gasteiger partial charge in [0, 0.05) is 9.85 Å². The van der Waals surface area contributed by atoms with Gasteiger partial charge in [-0.1, -0.05) is 0 Å². The van der Waals surface area contributed by atoms with Crippen molar-refractivity contribution in [1.29, 1.82) is 0 Å². The number of hydrogen-bond donors (Lipinski definition) is 5. The van der Waals surface area contributed by atoms with E-state index in [4.69, 9.17) is 0 Å². The van der Waals surface area contributed by atoms with Crippen molar-refractivity contribution in [1.82, 2.24) is 32.6 Å². The van der Waals surface area contributed by atoms with Crippen LogP contribution in [0.25, 0.3) is 0 Å². The fourth-order valence-corrected chi connectivity index (χ4v) is 2.49. The smallest absolute Gasteiger partial charge is 0.307 e. The molecule has 0 aromatic heterocycles. The van der Waals surface area contributed by atoms with Gasteiger partial charge in [-0.15, -0.1) is 11.0 Å². The van der Waals surface area contributed by atoms with Gasteiger partial charge in [0.15, 0.2) is 0 Å². The van der Waals surface area contributed by atoms with Gasteiger partial charge in [-0.3, -0.25) is 20.2 Å². The normalized spacial score (nSPS) is 42.8. The van der Waals surface area contributed by atoms with Crippen molar-refractivity contribution >= 4 is 0 Å². The zero-order chi connectivity index (χ0) is 15.9. The summed E-state index contributed by atoms with van der Waals surface area (Å²) in [6.45, 7) is 0. The van der Waals surface area contributed by atoms with Crippen molar-refractivity contribution < 1.29 is 24.7 Å². The Morgan fingerprint density at radius 3 is 1.95 bits per heavy atom. The molecule has 22 heavy (non-hydrogen) atoms. The lowest BCUT2D eigenvalue weighted by atomic mass is 9.93. The molecule has 0 spiro atoms. The van der Waals surface area contributed by atoms with Crippen molar-refractivity contribution in [3.05, 3.63) is 25.4 Å². The first-order chi connectivity index (χ1) is 10.5. The maximum atomic E-state index is 11.8. The van der Waals surface area contributed by atoms with Crippen LogP contribution in [-0.4, -0.2) is 51.6 Å². The Labute approximate surface area is 120 Å². The lowest BCUT2D eigenvalue weighted by Crippen LogP contribution is -2.62. The molecule has 0 aliphatic carbocycles. The molecular weight excluding hydrogens is 312 g/mol. The van der Waals surface area contributed by atoms with Crippen LogP contribution in [0.2, 0.25) is 0 Å². The van der Waals surface area contributed by atoms with E-state index in [1.165, 1.54) is 0 Å². The van der Waals surface area contributed by atoms with Crippen LogP contribution in [0.5, 0.6) is 0 Å². The highest BCUT2D eigenvalue weighted by molar-refractivity contribution is 5.02. The van der Waals surface area contributed by atoms with E-state index in [2.05, 4.69) is 42.2 Å². The number of nitrogens with one attached hydrogen (secondary N) is 5. The summed E-state index contributed by atoms with van der Waals surface area (Å²) in [6, 6.07) is -4.39. The molecule has 3 heterocycles. The summed E-state index contributed by atoms with van der Waals surface area (Å²) >= 11 is 0. The van der Waals surface area contributed by atoms with Crippen molar-refractivity contribution in [3.8, 4) is 0 Å². The van der Waals surface area contributed by atoms with Gasteiger partial charge >= 0.3 is 12.3 Å². The number of nitrogens with zero attached hydrogens (tertiary/aromatic N) is 3. The lowest BCUT2D eigenvalue weighted by Gasteiger charge is -2.32. The molecule has 124 valence electrons. The van der Waals surface area contributed by atoms with Crippen LogP contribution in [0.1, 0.15) is 0 Å². The van der Waals surface area contributed by atoms with Crippen LogP contribution in [0.4, 0.5) is 0 Å². The fraction of sp³-hybridized carbons (Fsp3) is 1.00. The molecule has 0 saturated carbocycles. The Hall–Kier alpha value is -1.60. The Balaban J connectivity index is 1.82. The summed E-state index contributed by atoms with van der Waals surface area (Å²) in [5, 5.41) is 33.8. The maximum absolute atomic E-state index is 11.8. The van der Waals surface area contributed by atoms with E-state index >= 15 is 0 Å². The van der Waals surface area contributed by atoms with Crippen LogP contribution in [0, 0.1) is 25.4 Å². The van der Waals surface area contributed by atoms with Gasteiger partial charge < -0.3 is 5.21 Å². The number of hydroxylamine groups is 7. The van der Waals surface area contributed by atoms with E-state index in [1.807, 2.05) is 0 Å². The largest absolute Gasteiger partial charge is 0.760 e. The molecule has 0 aromatic rings. The monoisotopic (exact) mass is 323 g/mol. The highest BCUT2D eigenvalue weighted by Crippen LogP contribution is 2.24. The fourth-order valence-electron chi connectivity index (χ4n) is 2.49. The number of nitro groups is 2. The van der Waals surface area contributed by atoms with E-state index in [1.54, 1.807) is 0 Å². The molecule has 0 amide bonds. The first-order valence-corrected chi connectivity index (χ1v) is 6.00. The van der Waals surface area contributed by atoms with Crippen molar-refractivity contribution in [2.75, 3.05) is 0 Å². The van der Waals surface area contributed by atoms with Gasteiger partial charge in [-0.05, 0) is 0 Å². The topological polar surface area (TPSA) is 200 Å². The Morgan fingerprint density at radius 2 is 1.36 bits per heavy atom. The lowest BCUT2D eigenvalue weighted by molar-refractivity contribution is -0.537. The van der Waals surface area contributed by atoms with Crippen LogP contribution < -0.4 is 27.4 Å². The Morgan fingerprint density at radius 1 is 0.818 bits per heavy atom. The number of hydrogen-bond acceptors (Lipinski definition) is 14. The van der Waals surface area contributed by atoms with E-state index < -0.39 is 46.3 Å². The second kappa shape index (κ2) is 5.89. The summed E-state index contributed by atoms with van der Waals surface area (Å²) in [7, 11) is 0. The second-order valence-electron chi connectivity index (χ2n) is 4.70. The second-order valence-corrected chi connectivity index (χ2v) is 4.70. The third-order valence-electron chi connectivity index (χ3n) is 3.53. The highest BCUT2D eigenvalue weighted by atomic mass is 17.0. The third-order valence-corrected chi connectivity index (χ3v) is 3.53. The van der Waals surface area contributed by atoms with Crippen molar-refractivity contribution in [3.63, 3.8) is 0 Å². The zero-order valence-corrected chi connectivity index (χ0v) is 10.6. The Bertz CT molecular complexity index is 466. The SMILES string of the molecule is O=[N+]([O-])C1NONC1C1NON([O-])C1C1NONC1[N+](=O)[O-]. The Kier molecular flexibility index (Phi) is 4.10. The van der Waals surface area contributed by atoms with Crippen molar-refractivity contribution in [2.24, 2.45) is 0 Å². The molecule has 5 N–H and O–H groups in total. The molecule has 3 aliphatic heterocycles.